The summed E-state index contributed by atoms with van der Waals surface area (Å²) in [6.45, 7) is 2.03. The maximum Gasteiger partial charge on any atom is 0.144 e. The summed E-state index contributed by atoms with van der Waals surface area (Å²) >= 11 is 1.60. The van der Waals surface area contributed by atoms with Crippen LogP contribution in [-0.4, -0.2) is 11.8 Å². The molecule has 0 aliphatic carbocycles. The molecule has 0 heterocycles. The molecule has 1 aromatic rings. The molecule has 0 amide bonds. The third-order valence-corrected chi connectivity index (χ3v) is 3.49. The minimum Gasteiger partial charge on any atom is -0.327 e. The maximum atomic E-state index is 13.6. The molecule has 0 spiro atoms. The van der Waals surface area contributed by atoms with Crippen LogP contribution < -0.4 is 5.73 Å². The molecular formula is C12H15FN2S. The Bertz CT molecular complexity index is 387. The summed E-state index contributed by atoms with van der Waals surface area (Å²) < 4.78 is 13.6. The van der Waals surface area contributed by atoms with Crippen molar-refractivity contribution in [3.05, 3.63) is 35.1 Å². The van der Waals surface area contributed by atoms with Gasteiger partial charge in [0.15, 0.2) is 0 Å². The monoisotopic (exact) mass is 238 g/mol. The average Bonchev–Trinajstić information content (AvgIpc) is 2.31. The summed E-state index contributed by atoms with van der Waals surface area (Å²) in [4.78, 5) is 0. The Morgan fingerprint density at radius 1 is 1.56 bits per heavy atom. The van der Waals surface area contributed by atoms with Crippen molar-refractivity contribution in [3.8, 4) is 6.07 Å². The van der Waals surface area contributed by atoms with Crippen molar-refractivity contribution in [2.24, 2.45) is 5.73 Å². The number of hydrogen-bond acceptors (Lipinski definition) is 3. The van der Waals surface area contributed by atoms with Gasteiger partial charge in [0.25, 0.3) is 0 Å². The fourth-order valence-electron chi connectivity index (χ4n) is 1.22. The molecule has 0 radical (unpaired) electrons. The van der Waals surface area contributed by atoms with Crippen molar-refractivity contribution in [2.45, 2.75) is 25.1 Å². The zero-order chi connectivity index (χ0) is 12.0. The Kier molecular flexibility index (Phi) is 5.30. The quantitative estimate of drug-likeness (QED) is 0.858. The molecular weight excluding hydrogens is 223 g/mol. The summed E-state index contributed by atoms with van der Waals surface area (Å²) in [6.07, 6.45) is 0.924. The van der Waals surface area contributed by atoms with Crippen LogP contribution in [0.2, 0.25) is 0 Å². The molecule has 0 saturated carbocycles. The SMILES string of the molecule is CCC(N)CSCc1cccc(C#N)c1F. The van der Waals surface area contributed by atoms with Crippen molar-refractivity contribution in [3.63, 3.8) is 0 Å². The van der Waals surface area contributed by atoms with Gasteiger partial charge in [-0.3, -0.25) is 0 Å². The molecule has 0 fully saturated rings. The molecule has 1 aromatic carbocycles. The highest BCUT2D eigenvalue weighted by atomic mass is 32.2. The van der Waals surface area contributed by atoms with Crippen molar-refractivity contribution < 1.29 is 4.39 Å². The van der Waals surface area contributed by atoms with Crippen LogP contribution in [0.3, 0.4) is 0 Å². The lowest BCUT2D eigenvalue weighted by Crippen LogP contribution is -2.21. The van der Waals surface area contributed by atoms with Crippen molar-refractivity contribution in [2.75, 3.05) is 5.75 Å². The van der Waals surface area contributed by atoms with E-state index in [2.05, 4.69) is 0 Å². The van der Waals surface area contributed by atoms with Crippen LogP contribution >= 0.6 is 11.8 Å². The molecule has 2 nitrogen and oxygen atoms in total. The van der Waals surface area contributed by atoms with Gasteiger partial charge in [0.05, 0.1) is 5.56 Å². The number of thioether (sulfide) groups is 1. The number of hydrogen-bond donors (Lipinski definition) is 1. The third-order valence-electron chi connectivity index (χ3n) is 2.31. The standard InChI is InChI=1S/C12H15FN2S/c1-2-11(15)8-16-7-10-5-3-4-9(6-14)12(10)13/h3-5,11H,2,7-8,15H2,1H3. The third kappa shape index (κ3) is 3.51. The number of nitrogens with two attached hydrogens (primary N) is 1. The number of benzene rings is 1. The largest absolute Gasteiger partial charge is 0.327 e. The molecule has 16 heavy (non-hydrogen) atoms. The van der Waals surface area contributed by atoms with Gasteiger partial charge in [-0.25, -0.2) is 4.39 Å². The highest BCUT2D eigenvalue weighted by molar-refractivity contribution is 7.98. The van der Waals surface area contributed by atoms with E-state index in [0.29, 0.717) is 11.3 Å². The Balaban J connectivity index is 2.58. The maximum absolute atomic E-state index is 13.6. The number of halogens is 1. The lowest BCUT2D eigenvalue weighted by Gasteiger charge is -2.08. The van der Waals surface area contributed by atoms with Gasteiger partial charge in [-0.2, -0.15) is 17.0 Å². The van der Waals surface area contributed by atoms with E-state index in [4.69, 9.17) is 11.0 Å². The number of nitriles is 1. The summed E-state index contributed by atoms with van der Waals surface area (Å²) in [5.41, 5.74) is 6.45. The molecule has 0 bridgehead atoms. The molecule has 2 N–H and O–H groups in total. The predicted molar refractivity (Wildman–Crippen MR) is 65.5 cm³/mol. The van der Waals surface area contributed by atoms with Gasteiger partial charge in [-0.15, -0.1) is 0 Å². The second kappa shape index (κ2) is 6.51. The Labute approximate surface area is 99.6 Å². The highest BCUT2D eigenvalue weighted by Gasteiger charge is 2.08. The van der Waals surface area contributed by atoms with Crippen LogP contribution in [0.1, 0.15) is 24.5 Å². The Morgan fingerprint density at radius 3 is 2.94 bits per heavy atom. The second-order valence-corrected chi connectivity index (χ2v) is 4.60. The van der Waals surface area contributed by atoms with Crippen molar-refractivity contribution >= 4 is 11.8 Å². The first-order valence-electron chi connectivity index (χ1n) is 5.19. The van der Waals surface area contributed by atoms with Gasteiger partial charge in [0, 0.05) is 17.5 Å². The van der Waals surface area contributed by atoms with Gasteiger partial charge >= 0.3 is 0 Å². The summed E-state index contributed by atoms with van der Waals surface area (Å²) in [5.74, 6) is 0.976. The van der Waals surface area contributed by atoms with Crippen LogP contribution in [0, 0.1) is 17.1 Å². The summed E-state index contributed by atoms with van der Waals surface area (Å²) in [5, 5.41) is 8.68. The highest BCUT2D eigenvalue weighted by Crippen LogP contribution is 2.18. The lowest BCUT2D eigenvalue weighted by atomic mass is 10.1. The second-order valence-electron chi connectivity index (χ2n) is 3.57. The van der Waals surface area contributed by atoms with Gasteiger partial charge in [-0.05, 0) is 18.1 Å². The van der Waals surface area contributed by atoms with Crippen LogP contribution in [0.4, 0.5) is 4.39 Å². The van der Waals surface area contributed by atoms with Gasteiger partial charge in [0.2, 0.25) is 0 Å². The van der Waals surface area contributed by atoms with Crippen molar-refractivity contribution in [1.82, 2.24) is 0 Å². The molecule has 86 valence electrons. The summed E-state index contributed by atoms with van der Waals surface area (Å²) in [7, 11) is 0. The fourth-order valence-corrected chi connectivity index (χ4v) is 2.31. The van der Waals surface area contributed by atoms with E-state index in [1.807, 2.05) is 13.0 Å². The molecule has 0 aromatic heterocycles. The molecule has 4 heteroatoms. The smallest absolute Gasteiger partial charge is 0.144 e. The minimum atomic E-state index is -0.400. The van der Waals surface area contributed by atoms with E-state index in [1.165, 1.54) is 6.07 Å². The first-order valence-corrected chi connectivity index (χ1v) is 6.35. The Morgan fingerprint density at radius 2 is 2.31 bits per heavy atom. The normalized spacial score (nSPS) is 12.1. The molecule has 0 saturated heterocycles. The van der Waals surface area contributed by atoms with Crippen molar-refractivity contribution in [1.29, 1.82) is 5.26 Å². The number of nitrogens with zero attached hydrogens (tertiary/aromatic N) is 1. The van der Waals surface area contributed by atoms with Crippen LogP contribution in [0.15, 0.2) is 18.2 Å². The van der Waals surface area contributed by atoms with E-state index < -0.39 is 5.82 Å². The molecule has 1 rings (SSSR count). The topological polar surface area (TPSA) is 49.8 Å². The van der Waals surface area contributed by atoms with E-state index >= 15 is 0 Å². The van der Waals surface area contributed by atoms with Crippen LogP contribution in [0.5, 0.6) is 0 Å². The van der Waals surface area contributed by atoms with E-state index in [9.17, 15) is 4.39 Å². The van der Waals surface area contributed by atoms with E-state index in [-0.39, 0.29) is 11.6 Å². The zero-order valence-electron chi connectivity index (χ0n) is 9.24. The van der Waals surface area contributed by atoms with Gasteiger partial charge in [-0.1, -0.05) is 19.1 Å². The molecule has 1 unspecified atom stereocenters. The molecule has 0 aliphatic rings. The van der Waals surface area contributed by atoms with Crippen LogP contribution in [0.25, 0.3) is 0 Å². The zero-order valence-corrected chi connectivity index (χ0v) is 10.1. The summed E-state index contributed by atoms with van der Waals surface area (Å²) in [6, 6.07) is 6.90. The van der Waals surface area contributed by atoms with E-state index in [1.54, 1.807) is 23.9 Å². The fraction of sp³-hybridized carbons (Fsp3) is 0.417. The lowest BCUT2D eigenvalue weighted by molar-refractivity contribution is 0.613. The minimum absolute atomic E-state index is 0.109. The molecule has 1 atom stereocenters. The molecule has 0 aliphatic heterocycles. The first-order chi connectivity index (χ1) is 7.69. The number of rotatable bonds is 5. The van der Waals surface area contributed by atoms with E-state index in [0.717, 1.165) is 12.2 Å². The van der Waals surface area contributed by atoms with Gasteiger partial charge < -0.3 is 5.73 Å². The Hall–Kier alpha value is -1.05. The first kappa shape index (κ1) is 13.0. The van der Waals surface area contributed by atoms with Crippen LogP contribution in [-0.2, 0) is 5.75 Å². The predicted octanol–water partition coefficient (Wildman–Crippen LogP) is 2.67. The van der Waals surface area contributed by atoms with Gasteiger partial charge in [0.1, 0.15) is 11.9 Å². The average molecular weight is 238 g/mol.